The van der Waals surface area contributed by atoms with Crippen molar-refractivity contribution in [2.75, 3.05) is 12.4 Å². The molecule has 0 aromatic heterocycles. The highest BCUT2D eigenvalue weighted by Crippen LogP contribution is 2.36. The molecule has 0 spiro atoms. The Morgan fingerprint density at radius 2 is 1.81 bits per heavy atom. The van der Waals surface area contributed by atoms with Gasteiger partial charge >= 0.3 is 0 Å². The molecule has 2 rings (SSSR count). The van der Waals surface area contributed by atoms with E-state index in [1.54, 1.807) is 0 Å². The van der Waals surface area contributed by atoms with E-state index in [9.17, 15) is 13.6 Å². The van der Waals surface area contributed by atoms with Crippen LogP contribution in [0.5, 0.6) is 0 Å². The van der Waals surface area contributed by atoms with E-state index >= 15 is 0 Å². The van der Waals surface area contributed by atoms with E-state index in [1.807, 2.05) is 0 Å². The SMILES string of the molecule is O=C(Cc1c(F)cccc1F)NCC1(CCl)CCCCC1. The average Bonchev–Trinajstić information content (AvgIpc) is 2.50. The molecule has 1 fully saturated rings. The van der Waals surface area contributed by atoms with Crippen LogP contribution in [-0.4, -0.2) is 18.3 Å². The van der Waals surface area contributed by atoms with Crippen molar-refractivity contribution in [1.29, 1.82) is 0 Å². The highest BCUT2D eigenvalue weighted by atomic mass is 35.5. The second-order valence-corrected chi connectivity index (χ2v) is 6.12. The van der Waals surface area contributed by atoms with Crippen LogP contribution in [0.25, 0.3) is 0 Å². The summed E-state index contributed by atoms with van der Waals surface area (Å²) < 4.78 is 27.0. The van der Waals surface area contributed by atoms with Gasteiger partial charge in [-0.25, -0.2) is 8.78 Å². The molecular weight excluding hydrogens is 296 g/mol. The number of nitrogens with one attached hydrogen (secondary N) is 1. The molecule has 21 heavy (non-hydrogen) atoms. The summed E-state index contributed by atoms with van der Waals surface area (Å²) in [6, 6.07) is 3.61. The molecule has 0 unspecified atom stereocenters. The smallest absolute Gasteiger partial charge is 0.224 e. The molecule has 5 heteroatoms. The summed E-state index contributed by atoms with van der Waals surface area (Å²) in [6.07, 6.45) is 5.13. The van der Waals surface area contributed by atoms with Crippen LogP contribution >= 0.6 is 11.6 Å². The first-order valence-corrected chi connectivity index (χ1v) is 7.85. The largest absolute Gasteiger partial charge is 0.355 e. The number of benzene rings is 1. The maximum Gasteiger partial charge on any atom is 0.224 e. The van der Waals surface area contributed by atoms with Crippen molar-refractivity contribution in [3.63, 3.8) is 0 Å². The fourth-order valence-corrected chi connectivity index (χ4v) is 3.23. The first-order valence-electron chi connectivity index (χ1n) is 7.32. The molecule has 0 saturated heterocycles. The van der Waals surface area contributed by atoms with Crippen molar-refractivity contribution in [3.8, 4) is 0 Å². The lowest BCUT2D eigenvalue weighted by Crippen LogP contribution is -2.40. The van der Waals surface area contributed by atoms with Gasteiger partial charge in [-0.05, 0) is 25.0 Å². The van der Waals surface area contributed by atoms with E-state index in [2.05, 4.69) is 5.32 Å². The zero-order valence-corrected chi connectivity index (χ0v) is 12.7. The molecule has 0 radical (unpaired) electrons. The summed E-state index contributed by atoms with van der Waals surface area (Å²) in [6.45, 7) is 0.478. The predicted molar refractivity (Wildman–Crippen MR) is 79.3 cm³/mol. The number of hydrogen-bond acceptors (Lipinski definition) is 1. The van der Waals surface area contributed by atoms with Crippen molar-refractivity contribution in [2.24, 2.45) is 5.41 Å². The summed E-state index contributed by atoms with van der Waals surface area (Å²) >= 11 is 6.06. The van der Waals surface area contributed by atoms with E-state index in [0.29, 0.717) is 12.4 Å². The van der Waals surface area contributed by atoms with Gasteiger partial charge in [0.1, 0.15) is 11.6 Å². The topological polar surface area (TPSA) is 29.1 Å². The fourth-order valence-electron chi connectivity index (χ4n) is 2.87. The molecule has 1 aromatic carbocycles. The third-order valence-corrected chi connectivity index (χ3v) is 4.82. The van der Waals surface area contributed by atoms with E-state index < -0.39 is 11.6 Å². The van der Waals surface area contributed by atoms with E-state index in [-0.39, 0.29) is 23.3 Å². The normalized spacial score (nSPS) is 17.5. The molecule has 1 amide bonds. The van der Waals surface area contributed by atoms with E-state index in [4.69, 9.17) is 11.6 Å². The molecule has 1 aromatic rings. The van der Waals surface area contributed by atoms with Crippen molar-refractivity contribution < 1.29 is 13.6 Å². The minimum Gasteiger partial charge on any atom is -0.355 e. The van der Waals surface area contributed by atoms with Gasteiger partial charge < -0.3 is 5.32 Å². The molecule has 0 bridgehead atoms. The first-order chi connectivity index (χ1) is 10.1. The van der Waals surface area contributed by atoms with Gasteiger partial charge in [-0.1, -0.05) is 25.3 Å². The minimum absolute atomic E-state index is 0.0662. The van der Waals surface area contributed by atoms with Crippen molar-refractivity contribution in [1.82, 2.24) is 5.32 Å². The Kier molecular flexibility index (Phi) is 5.57. The molecule has 1 saturated carbocycles. The number of hydrogen-bond donors (Lipinski definition) is 1. The summed E-state index contributed by atoms with van der Waals surface area (Å²) in [5.74, 6) is -1.24. The summed E-state index contributed by atoms with van der Waals surface area (Å²) in [4.78, 5) is 11.9. The molecule has 1 aliphatic rings. The molecular formula is C16H20ClF2NO. The third-order valence-electron chi connectivity index (χ3n) is 4.26. The minimum atomic E-state index is -0.685. The lowest BCUT2D eigenvalue weighted by Gasteiger charge is -2.35. The van der Waals surface area contributed by atoms with Crippen molar-refractivity contribution in [2.45, 2.75) is 38.5 Å². The zero-order valence-electron chi connectivity index (χ0n) is 11.9. The number of rotatable bonds is 5. The maximum atomic E-state index is 13.5. The highest BCUT2D eigenvalue weighted by Gasteiger charge is 2.31. The van der Waals surface area contributed by atoms with E-state index in [1.165, 1.54) is 12.5 Å². The Morgan fingerprint density at radius 3 is 2.38 bits per heavy atom. The number of alkyl halides is 1. The third kappa shape index (κ3) is 4.16. The van der Waals surface area contributed by atoms with Gasteiger partial charge in [0.25, 0.3) is 0 Å². The maximum absolute atomic E-state index is 13.5. The van der Waals surface area contributed by atoms with Gasteiger partial charge in [0.15, 0.2) is 0 Å². The monoisotopic (exact) mass is 315 g/mol. The molecule has 0 atom stereocenters. The van der Waals surface area contributed by atoms with Crippen LogP contribution < -0.4 is 5.32 Å². The number of carbonyl (C=O) groups is 1. The van der Waals surface area contributed by atoms with Crippen LogP contribution in [-0.2, 0) is 11.2 Å². The Bertz CT molecular complexity index is 481. The molecule has 2 nitrogen and oxygen atoms in total. The van der Waals surface area contributed by atoms with Gasteiger partial charge in [-0.3, -0.25) is 4.79 Å². The molecule has 0 heterocycles. The van der Waals surface area contributed by atoms with Crippen molar-refractivity contribution in [3.05, 3.63) is 35.4 Å². The van der Waals surface area contributed by atoms with Gasteiger partial charge in [0.05, 0.1) is 6.42 Å². The van der Waals surface area contributed by atoms with Gasteiger partial charge in [-0.15, -0.1) is 11.6 Å². The Hall–Kier alpha value is -1.16. The summed E-state index contributed by atoms with van der Waals surface area (Å²) in [7, 11) is 0. The molecule has 116 valence electrons. The highest BCUT2D eigenvalue weighted by molar-refractivity contribution is 6.18. The van der Waals surface area contributed by atoms with Crippen molar-refractivity contribution >= 4 is 17.5 Å². The lowest BCUT2D eigenvalue weighted by atomic mass is 9.75. The second-order valence-electron chi connectivity index (χ2n) is 5.85. The lowest BCUT2D eigenvalue weighted by molar-refractivity contribution is -0.121. The average molecular weight is 316 g/mol. The summed E-state index contributed by atoms with van der Waals surface area (Å²) in [5.41, 5.74) is -0.248. The Balaban J connectivity index is 1.93. The Labute approximate surface area is 128 Å². The number of halogens is 3. The second kappa shape index (κ2) is 7.21. The quantitative estimate of drug-likeness (QED) is 0.822. The first kappa shape index (κ1) is 16.2. The predicted octanol–water partition coefficient (Wildman–Crippen LogP) is 3.81. The van der Waals surface area contributed by atoms with Gasteiger partial charge in [0, 0.05) is 23.4 Å². The molecule has 0 aliphatic heterocycles. The van der Waals surface area contributed by atoms with Crippen LogP contribution in [0.15, 0.2) is 18.2 Å². The van der Waals surface area contributed by atoms with Crippen LogP contribution in [0.2, 0.25) is 0 Å². The number of amides is 1. The zero-order chi connectivity index (χ0) is 15.3. The van der Waals surface area contributed by atoms with Gasteiger partial charge in [0.2, 0.25) is 5.91 Å². The molecule has 1 aliphatic carbocycles. The van der Waals surface area contributed by atoms with Crippen LogP contribution in [0.1, 0.15) is 37.7 Å². The van der Waals surface area contributed by atoms with Crippen LogP contribution in [0, 0.1) is 17.0 Å². The number of carbonyl (C=O) groups excluding carboxylic acids is 1. The van der Waals surface area contributed by atoms with Crippen LogP contribution in [0.4, 0.5) is 8.78 Å². The fraction of sp³-hybridized carbons (Fsp3) is 0.562. The van der Waals surface area contributed by atoms with Gasteiger partial charge in [-0.2, -0.15) is 0 Å². The summed E-state index contributed by atoms with van der Waals surface area (Å²) in [5, 5.41) is 2.79. The van der Waals surface area contributed by atoms with Crippen LogP contribution in [0.3, 0.4) is 0 Å². The standard InChI is InChI=1S/C16H20ClF2NO/c17-10-16(7-2-1-3-8-16)11-20-15(21)9-12-13(18)5-4-6-14(12)19/h4-6H,1-3,7-11H2,(H,20,21). The Morgan fingerprint density at radius 1 is 1.19 bits per heavy atom. The molecule has 1 N–H and O–H groups in total. The van der Waals surface area contributed by atoms with E-state index in [0.717, 1.165) is 37.8 Å².